The van der Waals surface area contributed by atoms with Gasteiger partial charge in [-0.1, -0.05) is 301 Å². The fraction of sp³-hybridized carbons (Fsp3) is 0.608. The zero-order valence-electron chi connectivity index (χ0n) is 51.5. The standard InChI is InChI=1S/C74H118O6/c1-4-7-10-13-16-19-22-25-27-28-29-30-31-32-33-34-35-36-37-38-39-40-41-42-43-44-45-46-48-49-52-55-58-61-64-67-73(76)79-70-71(69-78-72(75)66-63-60-57-54-51-24-21-18-15-12-9-6-3)80-74(77)68-65-62-59-56-53-50-47-26-23-20-17-14-11-8-5-2/h7-8,10-11,16-17,19-20,25-27,29-30,32-33,35-36,38-39,41-42,47,53,56,62,65,71H,4-6,9,12-15,18,21-24,28,31,34,37,40,43-46,48-52,54-55,57-61,63-64,66-70H2,1-3H3/b10-7-,11-8-,19-16-,20-17-,27-25-,30-29-,33-32-,36-35-,39-38-,42-41-,47-26-,56-53-,65-62-. The van der Waals surface area contributed by atoms with Crippen molar-refractivity contribution in [3.8, 4) is 0 Å². The number of allylic oxidation sites excluding steroid dienone is 25. The van der Waals surface area contributed by atoms with Crippen LogP contribution in [0.2, 0.25) is 0 Å². The Kier molecular flexibility index (Phi) is 62.4. The Hall–Kier alpha value is -4.97. The average Bonchev–Trinajstić information content (AvgIpc) is 3.46. The first-order chi connectivity index (χ1) is 39.5. The van der Waals surface area contributed by atoms with Gasteiger partial charge in [-0.25, -0.2) is 0 Å². The smallest absolute Gasteiger partial charge is 0.310 e. The second-order valence-corrected chi connectivity index (χ2v) is 20.9. The van der Waals surface area contributed by atoms with Gasteiger partial charge in [0.1, 0.15) is 13.2 Å². The Labute approximate surface area is 492 Å². The minimum atomic E-state index is -0.838. The van der Waals surface area contributed by atoms with Crippen LogP contribution in [0.5, 0.6) is 0 Å². The molecule has 450 valence electrons. The van der Waals surface area contributed by atoms with Crippen LogP contribution < -0.4 is 0 Å². The topological polar surface area (TPSA) is 78.9 Å². The van der Waals surface area contributed by atoms with Crippen LogP contribution in [0, 0.1) is 0 Å². The third kappa shape index (κ3) is 63.9. The number of rotatable bonds is 57. The summed E-state index contributed by atoms with van der Waals surface area (Å²) in [4.78, 5) is 38.1. The molecule has 0 N–H and O–H groups in total. The van der Waals surface area contributed by atoms with E-state index < -0.39 is 12.1 Å². The second-order valence-electron chi connectivity index (χ2n) is 20.9. The van der Waals surface area contributed by atoms with E-state index in [4.69, 9.17) is 14.2 Å². The molecule has 80 heavy (non-hydrogen) atoms. The number of carbonyl (C=O) groups excluding carboxylic acids is 3. The van der Waals surface area contributed by atoms with Crippen molar-refractivity contribution in [2.45, 2.75) is 277 Å². The van der Waals surface area contributed by atoms with Gasteiger partial charge in [0.05, 0.1) is 6.42 Å². The van der Waals surface area contributed by atoms with E-state index in [1.54, 1.807) is 6.08 Å². The molecule has 0 amide bonds. The summed E-state index contributed by atoms with van der Waals surface area (Å²) in [6.45, 7) is 6.32. The molecule has 0 heterocycles. The molecule has 0 aromatic heterocycles. The summed E-state index contributed by atoms with van der Waals surface area (Å²) >= 11 is 0. The molecule has 0 aliphatic carbocycles. The summed E-state index contributed by atoms with van der Waals surface area (Å²) < 4.78 is 16.8. The lowest BCUT2D eigenvalue weighted by Gasteiger charge is -2.18. The Morgan fingerprint density at radius 1 is 0.275 bits per heavy atom. The van der Waals surface area contributed by atoms with E-state index in [9.17, 15) is 14.4 Å². The van der Waals surface area contributed by atoms with Gasteiger partial charge in [0.15, 0.2) is 6.10 Å². The summed E-state index contributed by atoms with van der Waals surface area (Å²) in [7, 11) is 0. The number of carbonyl (C=O) groups is 3. The van der Waals surface area contributed by atoms with Crippen LogP contribution >= 0.6 is 0 Å². The molecule has 0 spiro atoms. The van der Waals surface area contributed by atoms with E-state index in [-0.39, 0.29) is 31.6 Å². The molecular formula is C74H118O6. The Balaban J connectivity index is 4.27. The average molecular weight is 1100 g/mol. The molecule has 6 nitrogen and oxygen atoms in total. The predicted octanol–water partition coefficient (Wildman–Crippen LogP) is 22.5. The van der Waals surface area contributed by atoms with E-state index in [1.165, 1.54) is 103 Å². The molecule has 0 saturated heterocycles. The van der Waals surface area contributed by atoms with Crippen molar-refractivity contribution in [3.63, 3.8) is 0 Å². The summed E-state index contributed by atoms with van der Waals surface area (Å²) in [5.74, 6) is -1.06. The number of esters is 3. The first-order valence-electron chi connectivity index (χ1n) is 32.5. The molecule has 1 atom stereocenters. The molecule has 0 saturated carbocycles. The lowest BCUT2D eigenvalue weighted by molar-refractivity contribution is -0.166. The zero-order chi connectivity index (χ0) is 57.8. The van der Waals surface area contributed by atoms with Crippen molar-refractivity contribution in [3.05, 3.63) is 158 Å². The van der Waals surface area contributed by atoms with Gasteiger partial charge in [-0.05, 0) is 109 Å². The maximum atomic E-state index is 12.8. The number of hydrogen-bond donors (Lipinski definition) is 0. The Bertz CT molecular complexity index is 1790. The Morgan fingerprint density at radius 3 is 0.825 bits per heavy atom. The minimum Gasteiger partial charge on any atom is -0.462 e. The first kappa shape index (κ1) is 75.0. The van der Waals surface area contributed by atoms with Gasteiger partial charge in [0.25, 0.3) is 0 Å². The maximum absolute atomic E-state index is 12.8. The summed E-state index contributed by atoms with van der Waals surface area (Å²) in [5, 5.41) is 0. The van der Waals surface area contributed by atoms with Crippen molar-refractivity contribution < 1.29 is 28.6 Å². The Morgan fingerprint density at radius 2 is 0.525 bits per heavy atom. The lowest BCUT2D eigenvalue weighted by atomic mass is 10.0. The molecule has 0 rings (SSSR count). The van der Waals surface area contributed by atoms with Crippen LogP contribution in [-0.2, 0) is 28.6 Å². The molecule has 0 aromatic carbocycles. The highest BCUT2D eigenvalue weighted by Gasteiger charge is 2.19. The zero-order valence-corrected chi connectivity index (χ0v) is 51.5. The third-order valence-electron chi connectivity index (χ3n) is 13.3. The molecule has 1 unspecified atom stereocenters. The largest absolute Gasteiger partial charge is 0.462 e. The van der Waals surface area contributed by atoms with Gasteiger partial charge in [-0.15, -0.1) is 0 Å². The first-order valence-corrected chi connectivity index (χ1v) is 32.5. The molecule has 0 fully saturated rings. The molecule has 0 radical (unpaired) electrons. The van der Waals surface area contributed by atoms with Gasteiger partial charge < -0.3 is 14.2 Å². The van der Waals surface area contributed by atoms with Crippen molar-refractivity contribution in [2.75, 3.05) is 13.2 Å². The van der Waals surface area contributed by atoms with Crippen LogP contribution in [-0.4, -0.2) is 37.2 Å². The summed E-state index contributed by atoms with van der Waals surface area (Å²) in [6, 6.07) is 0. The van der Waals surface area contributed by atoms with Gasteiger partial charge in [-0.2, -0.15) is 0 Å². The van der Waals surface area contributed by atoms with Crippen LogP contribution in [0.4, 0.5) is 0 Å². The number of ether oxygens (including phenoxy) is 3. The van der Waals surface area contributed by atoms with Gasteiger partial charge in [-0.3, -0.25) is 14.4 Å². The quantitative estimate of drug-likeness (QED) is 0.0261. The number of hydrogen-bond acceptors (Lipinski definition) is 6. The summed E-state index contributed by atoms with van der Waals surface area (Å²) in [5.41, 5.74) is 0. The SMILES string of the molecule is CC/C=C\C/C=C\C/C=C\C/C=C\C/C=C\C/C=C\C/C=C\C/C=C\CCCCCCCCCCCCC(=O)OCC(COC(=O)CCCCCCCCCCCCCC)OC(=O)C/C=C\C/C=C\C/C=C\C/C=C\C/C=C\CC. The van der Waals surface area contributed by atoms with E-state index >= 15 is 0 Å². The normalized spacial score (nSPS) is 13.2. The highest BCUT2D eigenvalue weighted by atomic mass is 16.6. The molecule has 0 aliphatic rings. The number of unbranched alkanes of at least 4 members (excludes halogenated alkanes) is 21. The van der Waals surface area contributed by atoms with Gasteiger partial charge in [0, 0.05) is 12.8 Å². The van der Waals surface area contributed by atoms with Crippen LogP contribution in [0.25, 0.3) is 0 Å². The van der Waals surface area contributed by atoms with E-state index in [0.29, 0.717) is 19.3 Å². The fourth-order valence-corrected chi connectivity index (χ4v) is 8.53. The second kappa shape index (κ2) is 66.5. The van der Waals surface area contributed by atoms with Crippen LogP contribution in [0.3, 0.4) is 0 Å². The fourth-order valence-electron chi connectivity index (χ4n) is 8.53. The highest BCUT2D eigenvalue weighted by molar-refractivity contribution is 5.72. The summed E-state index contributed by atoms with van der Waals surface area (Å²) in [6.07, 6.45) is 97.2. The van der Waals surface area contributed by atoms with Crippen LogP contribution in [0.1, 0.15) is 271 Å². The van der Waals surface area contributed by atoms with Crippen molar-refractivity contribution >= 4 is 17.9 Å². The molecule has 0 aromatic rings. The highest BCUT2D eigenvalue weighted by Crippen LogP contribution is 2.15. The van der Waals surface area contributed by atoms with E-state index in [2.05, 4.69) is 167 Å². The van der Waals surface area contributed by atoms with E-state index in [1.807, 2.05) is 6.08 Å². The van der Waals surface area contributed by atoms with Crippen molar-refractivity contribution in [2.24, 2.45) is 0 Å². The van der Waals surface area contributed by atoms with Crippen LogP contribution in [0.15, 0.2) is 158 Å². The van der Waals surface area contributed by atoms with Gasteiger partial charge >= 0.3 is 17.9 Å². The molecule has 6 heteroatoms. The molecule has 0 aliphatic heterocycles. The lowest BCUT2D eigenvalue weighted by Crippen LogP contribution is -2.30. The predicted molar refractivity (Wildman–Crippen MR) is 348 cm³/mol. The van der Waals surface area contributed by atoms with Crippen molar-refractivity contribution in [1.82, 2.24) is 0 Å². The molecule has 0 bridgehead atoms. The molecular weight excluding hydrogens is 985 g/mol. The third-order valence-corrected chi connectivity index (χ3v) is 13.3. The van der Waals surface area contributed by atoms with Crippen molar-refractivity contribution in [1.29, 1.82) is 0 Å². The van der Waals surface area contributed by atoms with E-state index in [0.717, 1.165) is 122 Å². The maximum Gasteiger partial charge on any atom is 0.310 e. The minimum absolute atomic E-state index is 0.0919. The van der Waals surface area contributed by atoms with Gasteiger partial charge in [0.2, 0.25) is 0 Å². The monoisotopic (exact) mass is 1100 g/mol.